The van der Waals surface area contributed by atoms with Gasteiger partial charge in [-0.15, -0.1) is 0 Å². The number of anilines is 1. The largest absolute Gasteiger partial charge is 0.416 e. The Bertz CT molecular complexity index is 1670. The van der Waals surface area contributed by atoms with Crippen LogP contribution in [0.2, 0.25) is 0 Å². The van der Waals surface area contributed by atoms with Crippen molar-refractivity contribution in [3.8, 4) is 16.8 Å². The minimum Gasteiger partial charge on any atom is -0.322 e. The van der Waals surface area contributed by atoms with E-state index in [0.29, 0.717) is 17.9 Å². The summed E-state index contributed by atoms with van der Waals surface area (Å²) < 4.78 is 43.0. The van der Waals surface area contributed by atoms with Crippen molar-refractivity contribution in [2.75, 3.05) is 19.4 Å². The number of aryl methyl sites for hydroxylation is 1. The monoisotopic (exact) mass is 530 g/mol. The standard InChI is InChI=1S/C29H25F3N6O/c1-18-6-7-19(11-24(18)25-16-33-15-20-5-4-8-35-27(20)25)28(39)36-22-12-21(29(30,31)32)13-23(14-22)38-10-9-34-26(38)17-37(2)3/h4-16H,17H2,1-3H3,(H,36,39). The summed E-state index contributed by atoms with van der Waals surface area (Å²) in [6.45, 7) is 2.34. The van der Waals surface area contributed by atoms with E-state index in [1.54, 1.807) is 47.6 Å². The Hall–Kier alpha value is -4.57. The van der Waals surface area contributed by atoms with E-state index in [9.17, 15) is 18.0 Å². The fourth-order valence-corrected chi connectivity index (χ4v) is 4.41. The zero-order valence-electron chi connectivity index (χ0n) is 21.5. The summed E-state index contributed by atoms with van der Waals surface area (Å²) in [7, 11) is 3.69. The van der Waals surface area contributed by atoms with Crippen LogP contribution in [0.25, 0.3) is 27.7 Å². The number of imidazole rings is 1. The normalized spacial score (nSPS) is 11.8. The first-order valence-corrected chi connectivity index (χ1v) is 12.1. The van der Waals surface area contributed by atoms with E-state index in [0.717, 1.165) is 39.7 Å². The van der Waals surface area contributed by atoms with Crippen molar-refractivity contribution in [1.82, 2.24) is 24.4 Å². The highest BCUT2D eigenvalue weighted by atomic mass is 19.4. The van der Waals surface area contributed by atoms with E-state index in [1.165, 1.54) is 12.3 Å². The van der Waals surface area contributed by atoms with Gasteiger partial charge in [-0.05, 0) is 74.6 Å². The van der Waals surface area contributed by atoms with Crippen LogP contribution in [0.5, 0.6) is 0 Å². The third-order valence-corrected chi connectivity index (χ3v) is 6.26. The summed E-state index contributed by atoms with van der Waals surface area (Å²) in [5, 5.41) is 3.51. The summed E-state index contributed by atoms with van der Waals surface area (Å²) in [5.41, 5.74) is 2.84. The predicted octanol–water partition coefficient (Wildman–Crippen LogP) is 6.12. The van der Waals surface area contributed by atoms with Gasteiger partial charge in [-0.2, -0.15) is 13.2 Å². The molecule has 1 amide bonds. The lowest BCUT2D eigenvalue weighted by molar-refractivity contribution is -0.137. The van der Waals surface area contributed by atoms with Gasteiger partial charge in [-0.1, -0.05) is 6.07 Å². The molecule has 10 heteroatoms. The highest BCUT2D eigenvalue weighted by Crippen LogP contribution is 2.34. The minimum atomic E-state index is -4.61. The van der Waals surface area contributed by atoms with Crippen molar-refractivity contribution in [3.63, 3.8) is 0 Å². The molecule has 0 bridgehead atoms. The lowest BCUT2D eigenvalue weighted by Gasteiger charge is -2.16. The number of alkyl halides is 3. The molecule has 0 radical (unpaired) electrons. The van der Waals surface area contributed by atoms with Gasteiger partial charge < -0.3 is 14.8 Å². The van der Waals surface area contributed by atoms with E-state index in [4.69, 9.17) is 0 Å². The van der Waals surface area contributed by atoms with Gasteiger partial charge in [0.05, 0.1) is 17.6 Å². The first-order valence-electron chi connectivity index (χ1n) is 12.1. The summed E-state index contributed by atoms with van der Waals surface area (Å²) >= 11 is 0. The third kappa shape index (κ3) is 5.51. The summed E-state index contributed by atoms with van der Waals surface area (Å²) in [4.78, 5) is 28.2. The fraction of sp³-hybridized carbons (Fsp3) is 0.172. The Labute approximate surface area is 223 Å². The number of nitrogens with one attached hydrogen (secondary N) is 1. The number of carbonyl (C=O) groups is 1. The van der Waals surface area contributed by atoms with Crippen molar-refractivity contribution < 1.29 is 18.0 Å². The number of rotatable bonds is 6. The topological polar surface area (TPSA) is 75.9 Å². The number of pyridine rings is 2. The number of fused-ring (bicyclic) bond motifs is 1. The summed E-state index contributed by atoms with van der Waals surface area (Å²) in [6.07, 6.45) is 3.61. The van der Waals surface area contributed by atoms with Crippen LogP contribution in [-0.2, 0) is 12.7 Å². The van der Waals surface area contributed by atoms with Crippen molar-refractivity contribution in [3.05, 3.63) is 102 Å². The third-order valence-electron chi connectivity index (χ3n) is 6.26. The predicted molar refractivity (Wildman–Crippen MR) is 144 cm³/mol. The molecule has 7 nitrogen and oxygen atoms in total. The highest BCUT2D eigenvalue weighted by molar-refractivity contribution is 6.06. The molecular weight excluding hydrogens is 505 g/mol. The molecule has 3 heterocycles. The number of amides is 1. The molecule has 0 aliphatic carbocycles. The molecule has 2 aromatic carbocycles. The quantitative estimate of drug-likeness (QED) is 0.286. The molecule has 0 spiro atoms. The van der Waals surface area contributed by atoms with Gasteiger partial charge in [0.15, 0.2) is 0 Å². The second kappa shape index (κ2) is 10.3. The van der Waals surface area contributed by atoms with E-state index in [-0.39, 0.29) is 11.4 Å². The molecule has 5 rings (SSSR count). The Balaban J connectivity index is 1.52. The van der Waals surface area contributed by atoms with E-state index in [1.807, 2.05) is 38.1 Å². The molecule has 198 valence electrons. The van der Waals surface area contributed by atoms with E-state index in [2.05, 4.69) is 20.3 Å². The van der Waals surface area contributed by atoms with Crippen LogP contribution in [0, 0.1) is 6.92 Å². The second-order valence-corrected chi connectivity index (χ2v) is 9.46. The minimum absolute atomic E-state index is 0.0185. The smallest absolute Gasteiger partial charge is 0.322 e. The number of aromatic nitrogens is 4. The molecule has 0 aliphatic heterocycles. The van der Waals surface area contributed by atoms with Gasteiger partial charge in [0.1, 0.15) is 5.82 Å². The van der Waals surface area contributed by atoms with Gasteiger partial charge in [0.25, 0.3) is 5.91 Å². The number of benzene rings is 2. The molecule has 0 fully saturated rings. The van der Waals surface area contributed by atoms with Crippen LogP contribution < -0.4 is 5.32 Å². The molecule has 0 atom stereocenters. The summed E-state index contributed by atoms with van der Waals surface area (Å²) in [6, 6.07) is 12.3. The zero-order valence-corrected chi connectivity index (χ0v) is 21.5. The van der Waals surface area contributed by atoms with Gasteiger partial charge in [0.2, 0.25) is 0 Å². The molecule has 0 unspecified atom stereocenters. The van der Waals surface area contributed by atoms with Crippen LogP contribution in [0.1, 0.15) is 27.3 Å². The zero-order chi connectivity index (χ0) is 27.7. The lowest BCUT2D eigenvalue weighted by atomic mass is 9.97. The molecule has 0 saturated heterocycles. The van der Waals surface area contributed by atoms with Crippen LogP contribution in [-0.4, -0.2) is 44.4 Å². The number of carbonyl (C=O) groups excluding carboxylic acids is 1. The van der Waals surface area contributed by atoms with Crippen LogP contribution in [0.4, 0.5) is 18.9 Å². The second-order valence-electron chi connectivity index (χ2n) is 9.46. The first-order chi connectivity index (χ1) is 18.6. The van der Waals surface area contributed by atoms with Crippen LogP contribution in [0.15, 0.2) is 79.5 Å². The molecule has 0 saturated carbocycles. The molecular formula is C29H25F3N6O. The number of nitrogens with zero attached hydrogens (tertiary/aromatic N) is 5. The molecule has 0 aliphatic rings. The van der Waals surface area contributed by atoms with Crippen molar-refractivity contribution in [2.24, 2.45) is 0 Å². The lowest BCUT2D eigenvalue weighted by Crippen LogP contribution is -2.16. The molecule has 1 N–H and O–H groups in total. The average Bonchev–Trinajstić information content (AvgIpc) is 3.35. The maximum atomic E-state index is 13.8. The van der Waals surface area contributed by atoms with Gasteiger partial charge in [0, 0.05) is 58.9 Å². The fourth-order valence-electron chi connectivity index (χ4n) is 4.41. The van der Waals surface area contributed by atoms with Crippen molar-refractivity contribution >= 4 is 22.5 Å². The maximum absolute atomic E-state index is 13.8. The van der Waals surface area contributed by atoms with Crippen LogP contribution >= 0.6 is 0 Å². The van der Waals surface area contributed by atoms with Gasteiger partial charge in [-0.3, -0.25) is 14.8 Å². The van der Waals surface area contributed by atoms with Crippen LogP contribution in [0.3, 0.4) is 0 Å². The first kappa shape index (κ1) is 26.1. The van der Waals surface area contributed by atoms with E-state index < -0.39 is 17.6 Å². The number of hydrogen-bond donors (Lipinski definition) is 1. The number of hydrogen-bond acceptors (Lipinski definition) is 5. The van der Waals surface area contributed by atoms with Crippen molar-refractivity contribution in [2.45, 2.75) is 19.6 Å². The Morgan fingerprint density at radius 2 is 1.82 bits per heavy atom. The molecule has 3 aromatic heterocycles. The SMILES string of the molecule is Cc1ccc(C(=O)Nc2cc(-n3ccnc3CN(C)C)cc(C(F)(F)F)c2)cc1-c1cncc2cccnc12. The van der Waals surface area contributed by atoms with E-state index >= 15 is 0 Å². The Kier molecular flexibility index (Phi) is 6.88. The number of halogens is 3. The Morgan fingerprint density at radius 1 is 1.00 bits per heavy atom. The Morgan fingerprint density at radius 3 is 2.59 bits per heavy atom. The highest BCUT2D eigenvalue weighted by Gasteiger charge is 2.32. The molecule has 39 heavy (non-hydrogen) atoms. The van der Waals surface area contributed by atoms with Gasteiger partial charge in [-0.25, -0.2) is 4.98 Å². The average molecular weight is 531 g/mol. The van der Waals surface area contributed by atoms with Gasteiger partial charge >= 0.3 is 6.18 Å². The van der Waals surface area contributed by atoms with Crippen molar-refractivity contribution in [1.29, 1.82) is 0 Å². The summed E-state index contributed by atoms with van der Waals surface area (Å²) in [5.74, 6) is 0.0268. The maximum Gasteiger partial charge on any atom is 0.416 e. The molecule has 5 aromatic rings.